The van der Waals surface area contributed by atoms with E-state index in [1.807, 2.05) is 30.3 Å². The van der Waals surface area contributed by atoms with Crippen molar-refractivity contribution in [1.29, 1.82) is 0 Å². The van der Waals surface area contributed by atoms with Crippen molar-refractivity contribution in [3.8, 4) is 0 Å². The maximum Gasteiger partial charge on any atom is 0.408 e. The van der Waals surface area contributed by atoms with E-state index in [-0.39, 0.29) is 6.61 Å². The number of carbonyl (C=O) groups excluding carboxylic acids is 1. The van der Waals surface area contributed by atoms with Crippen molar-refractivity contribution in [2.45, 2.75) is 51.2 Å². The Balaban J connectivity index is 1.82. The molecule has 0 spiro atoms. The van der Waals surface area contributed by atoms with Crippen LogP contribution in [0.5, 0.6) is 0 Å². The van der Waals surface area contributed by atoms with Crippen LogP contribution in [0.4, 0.5) is 4.79 Å². The molecule has 0 aromatic heterocycles. The lowest BCUT2D eigenvalue weighted by atomic mass is 10.1. The van der Waals surface area contributed by atoms with Crippen molar-refractivity contribution in [2.24, 2.45) is 0 Å². The van der Waals surface area contributed by atoms with Crippen molar-refractivity contribution in [3.63, 3.8) is 0 Å². The summed E-state index contributed by atoms with van der Waals surface area (Å²) in [4.78, 5) is 23.2. The molecular weight excluding hydrogens is 314 g/mol. The van der Waals surface area contributed by atoms with Gasteiger partial charge in [0.15, 0.2) is 12.3 Å². The van der Waals surface area contributed by atoms with Gasteiger partial charge in [0.1, 0.15) is 6.61 Å². The minimum atomic E-state index is -1.21. The summed E-state index contributed by atoms with van der Waals surface area (Å²) in [7, 11) is 0. The van der Waals surface area contributed by atoms with Gasteiger partial charge in [-0.25, -0.2) is 9.59 Å². The molecule has 7 heteroatoms. The number of carboxylic acids is 1. The van der Waals surface area contributed by atoms with Crippen molar-refractivity contribution in [3.05, 3.63) is 35.9 Å². The Labute approximate surface area is 140 Å². The van der Waals surface area contributed by atoms with Crippen LogP contribution in [0.15, 0.2) is 30.3 Å². The lowest BCUT2D eigenvalue weighted by molar-refractivity contribution is -0.193. The second-order valence-electron chi connectivity index (χ2n) is 5.66. The molecular formula is C17H23NO6. The summed E-state index contributed by atoms with van der Waals surface area (Å²) >= 11 is 0. The van der Waals surface area contributed by atoms with E-state index >= 15 is 0 Å². The number of carbonyl (C=O) groups is 2. The van der Waals surface area contributed by atoms with Gasteiger partial charge in [0, 0.05) is 6.61 Å². The molecule has 1 aliphatic heterocycles. The fraction of sp³-hybridized carbons (Fsp3) is 0.529. The minimum Gasteiger partial charge on any atom is -0.480 e. The Hall–Kier alpha value is -2.12. The molecule has 3 atom stereocenters. The predicted octanol–water partition coefficient (Wildman–Crippen LogP) is 2.30. The molecule has 1 fully saturated rings. The Morgan fingerprint density at radius 2 is 2.08 bits per heavy atom. The zero-order valence-electron chi connectivity index (χ0n) is 13.6. The van der Waals surface area contributed by atoms with E-state index in [2.05, 4.69) is 5.32 Å². The highest BCUT2D eigenvalue weighted by Gasteiger charge is 2.30. The van der Waals surface area contributed by atoms with E-state index in [1.54, 1.807) is 6.92 Å². The van der Waals surface area contributed by atoms with Crippen LogP contribution in [0.1, 0.15) is 31.7 Å². The standard InChI is InChI=1S/C17H23NO6/c1-12(24-14-9-5-6-10-22-14)15(16(19)20)18-17(21)23-11-13-7-3-2-4-8-13/h2-4,7-8,12,14-15H,5-6,9-11H2,1H3,(H,18,21)(H,19,20)/t12-,14?,15-/m0/s1. The molecule has 0 bridgehead atoms. The van der Waals surface area contributed by atoms with Crippen LogP contribution in [0, 0.1) is 0 Å². The molecule has 0 radical (unpaired) electrons. The monoisotopic (exact) mass is 337 g/mol. The van der Waals surface area contributed by atoms with Crippen LogP contribution in [0.25, 0.3) is 0 Å². The molecule has 1 saturated heterocycles. The zero-order valence-corrected chi connectivity index (χ0v) is 13.6. The smallest absolute Gasteiger partial charge is 0.408 e. The molecule has 1 aromatic carbocycles. The highest BCUT2D eigenvalue weighted by molar-refractivity contribution is 5.80. The number of rotatable bonds is 7. The molecule has 0 saturated carbocycles. The molecule has 7 nitrogen and oxygen atoms in total. The summed E-state index contributed by atoms with van der Waals surface area (Å²) in [5, 5.41) is 11.7. The van der Waals surface area contributed by atoms with Crippen molar-refractivity contribution < 1.29 is 28.9 Å². The van der Waals surface area contributed by atoms with Gasteiger partial charge < -0.3 is 24.6 Å². The van der Waals surface area contributed by atoms with Gasteiger partial charge in [-0.05, 0) is 31.7 Å². The van der Waals surface area contributed by atoms with Crippen LogP contribution in [-0.4, -0.2) is 42.2 Å². The number of nitrogens with one attached hydrogen (secondary N) is 1. The Morgan fingerprint density at radius 3 is 2.71 bits per heavy atom. The third-order valence-corrected chi connectivity index (χ3v) is 3.73. The number of benzene rings is 1. The van der Waals surface area contributed by atoms with Crippen LogP contribution in [-0.2, 0) is 25.6 Å². The summed E-state index contributed by atoms with van der Waals surface area (Å²) in [6.07, 6.45) is 0.691. The van der Waals surface area contributed by atoms with Gasteiger partial charge in [-0.2, -0.15) is 0 Å². The van der Waals surface area contributed by atoms with E-state index in [4.69, 9.17) is 14.2 Å². The van der Waals surface area contributed by atoms with Crippen LogP contribution in [0.2, 0.25) is 0 Å². The topological polar surface area (TPSA) is 94.1 Å². The fourth-order valence-corrected chi connectivity index (χ4v) is 2.41. The lowest BCUT2D eigenvalue weighted by Gasteiger charge is -2.28. The minimum absolute atomic E-state index is 0.0694. The second kappa shape index (κ2) is 9.24. The second-order valence-corrected chi connectivity index (χ2v) is 5.66. The summed E-state index contributed by atoms with van der Waals surface area (Å²) in [5.41, 5.74) is 0.819. The van der Waals surface area contributed by atoms with Gasteiger partial charge in [0.05, 0.1) is 6.10 Å². The molecule has 1 heterocycles. The van der Waals surface area contributed by atoms with E-state index in [1.165, 1.54) is 0 Å². The molecule has 2 N–H and O–H groups in total. The Bertz CT molecular complexity index is 529. The third-order valence-electron chi connectivity index (χ3n) is 3.73. The first-order chi connectivity index (χ1) is 11.6. The number of hydrogen-bond acceptors (Lipinski definition) is 5. The van der Waals surface area contributed by atoms with Crippen LogP contribution >= 0.6 is 0 Å². The number of amides is 1. The molecule has 24 heavy (non-hydrogen) atoms. The zero-order chi connectivity index (χ0) is 17.4. The van der Waals surface area contributed by atoms with Crippen molar-refractivity contribution in [1.82, 2.24) is 5.32 Å². The number of aliphatic carboxylic acids is 1. The molecule has 1 aliphatic rings. The largest absolute Gasteiger partial charge is 0.480 e. The number of ether oxygens (including phenoxy) is 3. The molecule has 132 valence electrons. The Kier molecular flexibility index (Phi) is 7.02. The summed E-state index contributed by atoms with van der Waals surface area (Å²) < 4.78 is 16.1. The van der Waals surface area contributed by atoms with Gasteiger partial charge in [-0.15, -0.1) is 0 Å². The van der Waals surface area contributed by atoms with E-state index in [0.717, 1.165) is 24.8 Å². The Morgan fingerprint density at radius 1 is 1.33 bits per heavy atom. The number of hydrogen-bond donors (Lipinski definition) is 2. The number of carboxylic acid groups (broad SMARTS) is 1. The summed E-state index contributed by atoms with van der Waals surface area (Å²) in [6, 6.07) is 7.94. The molecule has 2 rings (SSSR count). The highest BCUT2D eigenvalue weighted by Crippen LogP contribution is 2.16. The van der Waals surface area contributed by atoms with Gasteiger partial charge in [-0.1, -0.05) is 30.3 Å². The first-order valence-corrected chi connectivity index (χ1v) is 8.03. The predicted molar refractivity (Wildman–Crippen MR) is 85.3 cm³/mol. The molecule has 1 amide bonds. The van der Waals surface area contributed by atoms with E-state index < -0.39 is 30.5 Å². The van der Waals surface area contributed by atoms with Gasteiger partial charge in [-0.3, -0.25) is 0 Å². The maximum absolute atomic E-state index is 11.8. The average molecular weight is 337 g/mol. The number of alkyl carbamates (subject to hydrolysis) is 1. The van der Waals surface area contributed by atoms with E-state index in [0.29, 0.717) is 6.61 Å². The van der Waals surface area contributed by atoms with Gasteiger partial charge in [0.2, 0.25) is 0 Å². The lowest BCUT2D eigenvalue weighted by Crippen LogP contribution is -2.50. The molecule has 1 aromatic rings. The van der Waals surface area contributed by atoms with Crippen LogP contribution in [0.3, 0.4) is 0 Å². The van der Waals surface area contributed by atoms with Crippen LogP contribution < -0.4 is 5.32 Å². The van der Waals surface area contributed by atoms with Crippen molar-refractivity contribution in [2.75, 3.05) is 6.61 Å². The average Bonchev–Trinajstić information content (AvgIpc) is 2.59. The normalized spacial score (nSPS) is 20.0. The van der Waals surface area contributed by atoms with Gasteiger partial charge >= 0.3 is 12.1 Å². The SMILES string of the molecule is C[C@H](OC1CCCCO1)[C@H](NC(=O)OCc1ccccc1)C(=O)O. The first-order valence-electron chi connectivity index (χ1n) is 8.03. The summed E-state index contributed by atoms with van der Waals surface area (Å²) in [6.45, 7) is 2.26. The highest BCUT2D eigenvalue weighted by atomic mass is 16.7. The first kappa shape index (κ1) is 18.2. The van der Waals surface area contributed by atoms with Gasteiger partial charge in [0.25, 0.3) is 0 Å². The maximum atomic E-state index is 11.8. The quantitative estimate of drug-likeness (QED) is 0.793. The van der Waals surface area contributed by atoms with E-state index in [9.17, 15) is 14.7 Å². The summed E-state index contributed by atoms with van der Waals surface area (Å²) in [5.74, 6) is -1.19. The fourth-order valence-electron chi connectivity index (χ4n) is 2.41. The molecule has 0 aliphatic carbocycles. The third kappa shape index (κ3) is 5.82. The van der Waals surface area contributed by atoms with Crippen molar-refractivity contribution >= 4 is 12.1 Å². The molecule has 1 unspecified atom stereocenters.